The molecule has 118 valence electrons. The third kappa shape index (κ3) is 4.52. The van der Waals surface area contributed by atoms with Crippen LogP contribution in [0.2, 0.25) is 0 Å². The lowest BCUT2D eigenvalue weighted by atomic mass is 10.1. The van der Waals surface area contributed by atoms with Gasteiger partial charge < -0.3 is 15.0 Å². The van der Waals surface area contributed by atoms with Crippen molar-refractivity contribution in [1.29, 1.82) is 0 Å². The van der Waals surface area contributed by atoms with E-state index >= 15 is 0 Å². The maximum absolute atomic E-state index is 12.0. The van der Waals surface area contributed by atoms with Gasteiger partial charge in [-0.15, -0.1) is 0 Å². The minimum atomic E-state index is -0.119. The number of carbonyl (C=O) groups excluding carboxylic acids is 1. The molecule has 0 saturated carbocycles. The van der Waals surface area contributed by atoms with Crippen LogP contribution in [0, 0.1) is 0 Å². The lowest BCUT2D eigenvalue weighted by Gasteiger charge is -2.34. The first-order valence-corrected chi connectivity index (χ1v) is 7.31. The van der Waals surface area contributed by atoms with E-state index in [2.05, 4.69) is 10.5 Å². The second-order valence-electron chi connectivity index (χ2n) is 5.82. The third-order valence-electron chi connectivity index (χ3n) is 3.51. The Morgan fingerprint density at radius 3 is 2.95 bits per heavy atom. The van der Waals surface area contributed by atoms with E-state index in [1.807, 2.05) is 25.7 Å². The number of rotatable bonds is 5. The molecule has 7 heteroatoms. The topological polar surface area (TPSA) is 93.6 Å². The largest absolute Gasteiger partial charge is 0.374 e. The summed E-state index contributed by atoms with van der Waals surface area (Å²) in [5.74, 6) is 0.540. The van der Waals surface area contributed by atoms with Crippen LogP contribution in [0.25, 0.3) is 0 Å². The van der Waals surface area contributed by atoms with Crippen molar-refractivity contribution in [2.45, 2.75) is 38.8 Å². The summed E-state index contributed by atoms with van der Waals surface area (Å²) >= 11 is 0. The van der Waals surface area contributed by atoms with Gasteiger partial charge in [0.05, 0.1) is 24.9 Å². The van der Waals surface area contributed by atoms with E-state index in [1.165, 1.54) is 0 Å². The van der Waals surface area contributed by atoms with Gasteiger partial charge in [-0.25, -0.2) is 0 Å². The molecule has 21 heavy (non-hydrogen) atoms. The van der Waals surface area contributed by atoms with Crippen LogP contribution < -0.4 is 11.1 Å². The summed E-state index contributed by atoms with van der Waals surface area (Å²) < 4.78 is 10.7. The van der Waals surface area contributed by atoms with Crippen LogP contribution in [-0.4, -0.2) is 54.4 Å². The van der Waals surface area contributed by atoms with Gasteiger partial charge in [0, 0.05) is 25.2 Å². The van der Waals surface area contributed by atoms with Crippen molar-refractivity contribution in [3.8, 4) is 0 Å². The highest BCUT2D eigenvalue weighted by atomic mass is 16.5. The third-order valence-corrected chi connectivity index (χ3v) is 3.51. The zero-order chi connectivity index (χ0) is 15.4. The Kier molecular flexibility index (Phi) is 5.33. The van der Waals surface area contributed by atoms with Crippen LogP contribution in [0.4, 0.5) is 5.88 Å². The maximum atomic E-state index is 12.0. The Morgan fingerprint density at radius 2 is 2.33 bits per heavy atom. The monoisotopic (exact) mass is 296 g/mol. The molecule has 3 N–H and O–H groups in total. The Bertz CT molecular complexity index is 473. The van der Waals surface area contributed by atoms with Gasteiger partial charge in [0.25, 0.3) is 0 Å². The molecule has 2 atom stereocenters. The van der Waals surface area contributed by atoms with Gasteiger partial charge in [-0.05, 0) is 12.8 Å². The Labute approximate surface area is 124 Å². The van der Waals surface area contributed by atoms with E-state index in [-0.39, 0.29) is 24.0 Å². The minimum absolute atomic E-state index is 0.0237. The molecule has 1 aliphatic heterocycles. The van der Waals surface area contributed by atoms with E-state index in [4.69, 9.17) is 15.0 Å². The molecule has 1 amide bonds. The van der Waals surface area contributed by atoms with Gasteiger partial charge in [-0.3, -0.25) is 15.0 Å². The van der Waals surface area contributed by atoms with Crippen LogP contribution in [0.3, 0.4) is 0 Å². The summed E-state index contributed by atoms with van der Waals surface area (Å²) in [5.41, 5.74) is 6.67. The highest BCUT2D eigenvalue weighted by Gasteiger charge is 2.24. The second kappa shape index (κ2) is 7.02. The summed E-state index contributed by atoms with van der Waals surface area (Å²) in [7, 11) is 0. The lowest BCUT2D eigenvalue weighted by Crippen LogP contribution is -2.51. The van der Waals surface area contributed by atoms with E-state index < -0.39 is 0 Å². The van der Waals surface area contributed by atoms with Crippen LogP contribution >= 0.6 is 0 Å². The smallest absolute Gasteiger partial charge is 0.240 e. The molecule has 7 nitrogen and oxygen atoms in total. The van der Waals surface area contributed by atoms with E-state index in [9.17, 15) is 4.79 Å². The standard InChI is InChI=1S/C14H24N4O3/c1-9(2)11-6-14(21-17-11)16-13(19)8-18-4-5-20-12(7-18)10(3)15/h6,9-10,12H,4-5,7-8,15H2,1-3H3,(H,16,19). The van der Waals surface area contributed by atoms with Gasteiger partial charge in [0.2, 0.25) is 11.8 Å². The number of amides is 1. The SMILES string of the molecule is CC(C)c1cc(NC(=O)CN2CCOC(C(C)N)C2)on1. The molecule has 0 spiro atoms. The van der Waals surface area contributed by atoms with Gasteiger partial charge in [-0.1, -0.05) is 19.0 Å². The number of hydrogen-bond donors (Lipinski definition) is 2. The quantitative estimate of drug-likeness (QED) is 0.834. The number of nitrogens with zero attached hydrogens (tertiary/aromatic N) is 2. The first-order chi connectivity index (χ1) is 9.95. The fourth-order valence-corrected chi connectivity index (χ4v) is 2.19. The number of carbonyl (C=O) groups is 1. The predicted molar refractivity (Wildman–Crippen MR) is 79.1 cm³/mol. The van der Waals surface area contributed by atoms with Crippen molar-refractivity contribution in [1.82, 2.24) is 10.1 Å². The van der Waals surface area contributed by atoms with Gasteiger partial charge in [0.15, 0.2) is 0 Å². The number of nitrogens with two attached hydrogens (primary N) is 1. The summed E-state index contributed by atoms with van der Waals surface area (Å²) in [6.45, 7) is 8.24. The van der Waals surface area contributed by atoms with Crippen LogP contribution in [-0.2, 0) is 9.53 Å². The van der Waals surface area contributed by atoms with Gasteiger partial charge in [0.1, 0.15) is 0 Å². The Hall–Kier alpha value is -1.44. The highest BCUT2D eigenvalue weighted by Crippen LogP contribution is 2.17. The lowest BCUT2D eigenvalue weighted by molar-refractivity contribution is -0.119. The summed E-state index contributed by atoms with van der Waals surface area (Å²) in [6, 6.07) is 1.71. The molecule has 2 heterocycles. The molecule has 1 aliphatic rings. The molecular formula is C14H24N4O3. The summed E-state index contributed by atoms with van der Waals surface area (Å²) in [6.07, 6.45) is -0.0237. The second-order valence-corrected chi connectivity index (χ2v) is 5.82. The molecule has 2 unspecified atom stereocenters. The number of anilines is 1. The number of morpholine rings is 1. The van der Waals surface area contributed by atoms with Gasteiger partial charge in [-0.2, -0.15) is 0 Å². The first kappa shape index (κ1) is 15.9. The normalized spacial score (nSPS) is 21.5. The highest BCUT2D eigenvalue weighted by molar-refractivity contribution is 5.90. The zero-order valence-corrected chi connectivity index (χ0v) is 12.8. The van der Waals surface area contributed by atoms with Crippen molar-refractivity contribution in [3.05, 3.63) is 11.8 Å². The zero-order valence-electron chi connectivity index (χ0n) is 12.8. The molecule has 0 radical (unpaired) electrons. The molecule has 0 aliphatic carbocycles. The number of aromatic nitrogens is 1. The summed E-state index contributed by atoms with van der Waals surface area (Å²) in [4.78, 5) is 14.1. The van der Waals surface area contributed by atoms with Crippen molar-refractivity contribution in [2.24, 2.45) is 5.73 Å². The van der Waals surface area contributed by atoms with Gasteiger partial charge >= 0.3 is 0 Å². The fourth-order valence-electron chi connectivity index (χ4n) is 2.19. The molecule has 1 aromatic rings. The molecule has 0 aromatic carbocycles. The first-order valence-electron chi connectivity index (χ1n) is 7.31. The molecule has 2 rings (SSSR count). The average Bonchev–Trinajstić information content (AvgIpc) is 2.87. The summed E-state index contributed by atoms with van der Waals surface area (Å²) in [5, 5.41) is 6.64. The van der Waals surface area contributed by atoms with Crippen molar-refractivity contribution in [2.75, 3.05) is 31.6 Å². The molecule has 1 fully saturated rings. The maximum Gasteiger partial charge on any atom is 0.240 e. The van der Waals surface area contributed by atoms with E-state index in [0.29, 0.717) is 25.6 Å². The average molecular weight is 296 g/mol. The molecule has 0 bridgehead atoms. The molecule has 1 aromatic heterocycles. The van der Waals surface area contributed by atoms with Crippen molar-refractivity contribution < 1.29 is 14.1 Å². The van der Waals surface area contributed by atoms with Crippen LogP contribution in [0.5, 0.6) is 0 Å². The Balaban J connectivity index is 1.83. The minimum Gasteiger partial charge on any atom is -0.374 e. The van der Waals surface area contributed by atoms with Crippen molar-refractivity contribution in [3.63, 3.8) is 0 Å². The van der Waals surface area contributed by atoms with Crippen molar-refractivity contribution >= 4 is 11.8 Å². The fraction of sp³-hybridized carbons (Fsp3) is 0.714. The predicted octanol–water partition coefficient (Wildman–Crippen LogP) is 0.785. The number of hydrogen-bond acceptors (Lipinski definition) is 6. The van der Waals surface area contributed by atoms with Crippen LogP contribution in [0.1, 0.15) is 32.4 Å². The Morgan fingerprint density at radius 1 is 1.57 bits per heavy atom. The van der Waals surface area contributed by atoms with E-state index in [0.717, 1.165) is 12.2 Å². The van der Waals surface area contributed by atoms with E-state index in [1.54, 1.807) is 6.07 Å². The molecular weight excluding hydrogens is 272 g/mol. The number of nitrogens with one attached hydrogen (secondary N) is 1. The molecule has 1 saturated heterocycles. The van der Waals surface area contributed by atoms with Crippen LogP contribution in [0.15, 0.2) is 10.6 Å². The number of ether oxygens (including phenoxy) is 1.